The van der Waals surface area contributed by atoms with Crippen LogP contribution in [0.15, 0.2) is 48.8 Å². The monoisotopic (exact) mass is 215 g/mol. The maximum Gasteiger partial charge on any atom is 0.238 e. The SMILES string of the molecule is NCC(=O)Nc1cccc(-n2cccc2)c1. The average Bonchev–Trinajstić information content (AvgIpc) is 2.83. The lowest BCUT2D eigenvalue weighted by atomic mass is 10.2. The topological polar surface area (TPSA) is 60.1 Å². The second-order valence-electron chi connectivity index (χ2n) is 3.39. The predicted molar refractivity (Wildman–Crippen MR) is 63.5 cm³/mol. The second kappa shape index (κ2) is 4.63. The Morgan fingerprint density at radius 2 is 2.00 bits per heavy atom. The Bertz CT molecular complexity index is 477. The molecule has 0 spiro atoms. The number of benzene rings is 1. The molecular formula is C12H13N3O. The zero-order valence-corrected chi connectivity index (χ0v) is 8.76. The predicted octanol–water partition coefficient (Wildman–Crippen LogP) is 1.37. The number of hydrogen-bond acceptors (Lipinski definition) is 2. The molecule has 2 rings (SSSR count). The molecule has 0 saturated heterocycles. The van der Waals surface area contributed by atoms with Crippen molar-refractivity contribution >= 4 is 11.6 Å². The van der Waals surface area contributed by atoms with Crippen molar-refractivity contribution in [3.8, 4) is 5.69 Å². The Labute approximate surface area is 93.7 Å². The summed E-state index contributed by atoms with van der Waals surface area (Å²) >= 11 is 0. The molecule has 4 heteroatoms. The van der Waals surface area contributed by atoms with E-state index in [0.29, 0.717) is 0 Å². The van der Waals surface area contributed by atoms with Gasteiger partial charge in [-0.05, 0) is 30.3 Å². The van der Waals surface area contributed by atoms with Crippen molar-refractivity contribution in [1.29, 1.82) is 0 Å². The van der Waals surface area contributed by atoms with Crippen LogP contribution in [0.4, 0.5) is 5.69 Å². The van der Waals surface area contributed by atoms with E-state index in [1.807, 2.05) is 53.4 Å². The van der Waals surface area contributed by atoms with Gasteiger partial charge in [0.05, 0.1) is 6.54 Å². The van der Waals surface area contributed by atoms with E-state index in [1.165, 1.54) is 0 Å². The van der Waals surface area contributed by atoms with Gasteiger partial charge in [-0.3, -0.25) is 4.79 Å². The van der Waals surface area contributed by atoms with Crippen LogP contribution in [0.1, 0.15) is 0 Å². The Kier molecular flexibility index (Phi) is 3.03. The second-order valence-corrected chi connectivity index (χ2v) is 3.39. The molecule has 0 atom stereocenters. The molecule has 2 aromatic rings. The fourth-order valence-corrected chi connectivity index (χ4v) is 1.46. The number of aromatic nitrogens is 1. The molecule has 0 aliphatic carbocycles. The summed E-state index contributed by atoms with van der Waals surface area (Å²) in [5, 5.41) is 2.72. The lowest BCUT2D eigenvalue weighted by Crippen LogP contribution is -2.21. The van der Waals surface area contributed by atoms with Crippen molar-refractivity contribution in [2.45, 2.75) is 0 Å². The molecule has 0 radical (unpaired) electrons. The molecule has 0 unspecified atom stereocenters. The quantitative estimate of drug-likeness (QED) is 0.812. The normalized spacial score (nSPS) is 10.1. The molecule has 3 N–H and O–H groups in total. The molecule has 0 bridgehead atoms. The molecule has 82 valence electrons. The third-order valence-electron chi connectivity index (χ3n) is 2.22. The first-order valence-corrected chi connectivity index (χ1v) is 5.03. The highest BCUT2D eigenvalue weighted by Crippen LogP contribution is 2.14. The molecule has 0 aliphatic rings. The smallest absolute Gasteiger partial charge is 0.238 e. The Balaban J connectivity index is 2.23. The van der Waals surface area contributed by atoms with Crippen molar-refractivity contribution in [3.05, 3.63) is 48.8 Å². The lowest BCUT2D eigenvalue weighted by molar-refractivity contribution is -0.114. The fourth-order valence-electron chi connectivity index (χ4n) is 1.46. The van der Waals surface area contributed by atoms with E-state index in [-0.39, 0.29) is 12.5 Å². The third-order valence-corrected chi connectivity index (χ3v) is 2.22. The van der Waals surface area contributed by atoms with E-state index in [1.54, 1.807) is 0 Å². The van der Waals surface area contributed by atoms with Gasteiger partial charge in [0.25, 0.3) is 0 Å². The summed E-state index contributed by atoms with van der Waals surface area (Å²) in [6, 6.07) is 11.5. The van der Waals surface area contributed by atoms with Gasteiger partial charge in [0.2, 0.25) is 5.91 Å². The molecule has 1 aromatic carbocycles. The number of rotatable bonds is 3. The number of anilines is 1. The van der Waals surface area contributed by atoms with Crippen molar-refractivity contribution in [2.24, 2.45) is 5.73 Å². The highest BCUT2D eigenvalue weighted by atomic mass is 16.1. The number of nitrogens with zero attached hydrogens (tertiary/aromatic N) is 1. The van der Waals surface area contributed by atoms with Crippen molar-refractivity contribution in [3.63, 3.8) is 0 Å². The van der Waals surface area contributed by atoms with Crippen LogP contribution < -0.4 is 11.1 Å². The Morgan fingerprint density at radius 3 is 2.69 bits per heavy atom. The number of amides is 1. The minimum atomic E-state index is -0.190. The van der Waals surface area contributed by atoms with Gasteiger partial charge in [-0.1, -0.05) is 6.07 Å². The van der Waals surface area contributed by atoms with Gasteiger partial charge in [0, 0.05) is 23.8 Å². The van der Waals surface area contributed by atoms with Crippen molar-refractivity contribution < 1.29 is 4.79 Å². The average molecular weight is 215 g/mol. The lowest BCUT2D eigenvalue weighted by Gasteiger charge is -2.07. The number of carbonyl (C=O) groups excluding carboxylic acids is 1. The standard InChI is InChI=1S/C12H13N3O/c13-9-12(16)14-10-4-3-5-11(8-10)15-6-1-2-7-15/h1-8H,9,13H2,(H,14,16). The van der Waals surface area contributed by atoms with Gasteiger partial charge in [0.1, 0.15) is 0 Å². The largest absolute Gasteiger partial charge is 0.325 e. The summed E-state index contributed by atoms with van der Waals surface area (Å²) < 4.78 is 1.97. The summed E-state index contributed by atoms with van der Waals surface area (Å²) in [5.41, 5.74) is 6.99. The molecule has 1 amide bonds. The summed E-state index contributed by atoms with van der Waals surface area (Å²) in [6.07, 6.45) is 3.90. The van der Waals surface area contributed by atoms with Gasteiger partial charge in [0.15, 0.2) is 0 Å². The van der Waals surface area contributed by atoms with Crippen LogP contribution in [0.5, 0.6) is 0 Å². The molecule has 0 saturated carbocycles. The molecule has 1 heterocycles. The van der Waals surface area contributed by atoms with Crippen LogP contribution in [0.3, 0.4) is 0 Å². The van der Waals surface area contributed by atoms with Crippen molar-refractivity contribution in [2.75, 3.05) is 11.9 Å². The van der Waals surface area contributed by atoms with E-state index in [2.05, 4.69) is 5.32 Å². The van der Waals surface area contributed by atoms with Crippen LogP contribution in [-0.4, -0.2) is 17.0 Å². The maximum absolute atomic E-state index is 11.1. The zero-order chi connectivity index (χ0) is 11.4. The Morgan fingerprint density at radius 1 is 1.25 bits per heavy atom. The van der Waals surface area contributed by atoms with E-state index in [9.17, 15) is 4.79 Å². The van der Waals surface area contributed by atoms with E-state index in [4.69, 9.17) is 5.73 Å². The maximum atomic E-state index is 11.1. The summed E-state index contributed by atoms with van der Waals surface area (Å²) in [6.45, 7) is -0.00620. The van der Waals surface area contributed by atoms with Crippen LogP contribution in [0.25, 0.3) is 5.69 Å². The molecule has 0 aliphatic heterocycles. The Hall–Kier alpha value is -2.07. The number of hydrogen-bond donors (Lipinski definition) is 2. The van der Waals surface area contributed by atoms with Gasteiger partial charge in [-0.25, -0.2) is 0 Å². The summed E-state index contributed by atoms with van der Waals surface area (Å²) in [5.74, 6) is -0.190. The molecule has 1 aromatic heterocycles. The van der Waals surface area contributed by atoms with Crippen LogP contribution in [0.2, 0.25) is 0 Å². The van der Waals surface area contributed by atoms with Gasteiger partial charge < -0.3 is 15.6 Å². The highest BCUT2D eigenvalue weighted by Gasteiger charge is 2.00. The molecule has 4 nitrogen and oxygen atoms in total. The number of nitrogens with one attached hydrogen (secondary N) is 1. The minimum Gasteiger partial charge on any atom is -0.325 e. The first-order chi connectivity index (χ1) is 7.79. The first-order valence-electron chi connectivity index (χ1n) is 5.03. The van der Waals surface area contributed by atoms with Crippen LogP contribution in [0, 0.1) is 0 Å². The van der Waals surface area contributed by atoms with Gasteiger partial charge in [-0.2, -0.15) is 0 Å². The summed E-state index contributed by atoms with van der Waals surface area (Å²) in [7, 11) is 0. The van der Waals surface area contributed by atoms with E-state index < -0.39 is 0 Å². The first kappa shape index (κ1) is 10.4. The molecule has 16 heavy (non-hydrogen) atoms. The number of nitrogens with two attached hydrogens (primary N) is 1. The molecular weight excluding hydrogens is 202 g/mol. The van der Waals surface area contributed by atoms with Crippen molar-refractivity contribution in [1.82, 2.24) is 4.57 Å². The van der Waals surface area contributed by atoms with E-state index >= 15 is 0 Å². The molecule has 0 fully saturated rings. The zero-order valence-electron chi connectivity index (χ0n) is 8.76. The highest BCUT2D eigenvalue weighted by molar-refractivity contribution is 5.92. The number of carbonyl (C=O) groups is 1. The minimum absolute atomic E-state index is 0.00620. The third kappa shape index (κ3) is 2.29. The summed E-state index contributed by atoms with van der Waals surface area (Å²) in [4.78, 5) is 11.1. The van der Waals surface area contributed by atoms with Gasteiger partial charge in [-0.15, -0.1) is 0 Å². The van der Waals surface area contributed by atoms with Crippen LogP contribution >= 0.6 is 0 Å². The van der Waals surface area contributed by atoms with Gasteiger partial charge >= 0.3 is 0 Å². The fraction of sp³-hybridized carbons (Fsp3) is 0.0833. The van der Waals surface area contributed by atoms with E-state index in [0.717, 1.165) is 11.4 Å². The van der Waals surface area contributed by atoms with Crippen LogP contribution in [-0.2, 0) is 4.79 Å².